The minimum atomic E-state index is -0.452. The van der Waals surface area contributed by atoms with E-state index < -0.39 is 4.92 Å². The Hall–Kier alpha value is -2.48. The van der Waals surface area contributed by atoms with Gasteiger partial charge >= 0.3 is 0 Å². The molecule has 0 unspecified atom stereocenters. The van der Waals surface area contributed by atoms with Crippen molar-refractivity contribution in [1.29, 1.82) is 0 Å². The van der Waals surface area contributed by atoms with E-state index in [2.05, 4.69) is 10.3 Å². The molecule has 24 heavy (non-hydrogen) atoms. The Balaban J connectivity index is 1.83. The molecule has 1 amide bonds. The zero-order valence-electron chi connectivity index (χ0n) is 13.5. The number of aryl methyl sites for hydroxylation is 1. The van der Waals surface area contributed by atoms with Gasteiger partial charge in [0.25, 0.3) is 11.6 Å². The molecule has 7 nitrogen and oxygen atoms in total. The summed E-state index contributed by atoms with van der Waals surface area (Å²) in [5.41, 5.74) is 1.57. The number of carbonyl (C=O) groups is 1. The van der Waals surface area contributed by atoms with Crippen LogP contribution in [0.3, 0.4) is 0 Å². The molecule has 2 aromatic rings. The summed E-state index contributed by atoms with van der Waals surface area (Å²) in [4.78, 5) is 29.2. The molecule has 126 valence electrons. The molecule has 0 saturated heterocycles. The van der Waals surface area contributed by atoms with Crippen LogP contribution in [0.25, 0.3) is 0 Å². The molecule has 3 rings (SSSR count). The largest absolute Gasteiger partial charge is 0.363 e. The van der Waals surface area contributed by atoms with Gasteiger partial charge in [-0.05, 0) is 31.9 Å². The highest BCUT2D eigenvalue weighted by atomic mass is 32.1. The molecule has 1 aliphatic carbocycles. The SMILES string of the molecule is Cc1nc(CN(C)c2ccc(C(=O)NC3CC3)cc2[N+](=O)[O-])cs1. The molecule has 0 aliphatic heterocycles. The van der Waals surface area contributed by atoms with Gasteiger partial charge in [-0.2, -0.15) is 0 Å². The van der Waals surface area contributed by atoms with E-state index in [1.54, 1.807) is 35.4 Å². The molecule has 0 bridgehead atoms. The fraction of sp³-hybridized carbons (Fsp3) is 0.375. The fourth-order valence-electron chi connectivity index (χ4n) is 2.44. The van der Waals surface area contributed by atoms with Crippen LogP contribution >= 0.6 is 11.3 Å². The quantitative estimate of drug-likeness (QED) is 0.642. The summed E-state index contributed by atoms with van der Waals surface area (Å²) in [6, 6.07) is 4.81. The average molecular weight is 346 g/mol. The van der Waals surface area contributed by atoms with Crippen LogP contribution in [0.1, 0.15) is 33.9 Å². The summed E-state index contributed by atoms with van der Waals surface area (Å²) >= 11 is 1.55. The van der Waals surface area contributed by atoms with Crippen LogP contribution in [0, 0.1) is 17.0 Å². The fourth-order valence-corrected chi connectivity index (χ4v) is 3.04. The van der Waals surface area contributed by atoms with Crippen LogP contribution in [0.15, 0.2) is 23.6 Å². The number of thiazole rings is 1. The highest BCUT2D eigenvalue weighted by Gasteiger charge is 2.26. The Bertz CT molecular complexity index is 785. The number of rotatable bonds is 6. The van der Waals surface area contributed by atoms with E-state index in [-0.39, 0.29) is 17.6 Å². The molecule has 1 fully saturated rings. The van der Waals surface area contributed by atoms with Crippen molar-refractivity contribution in [3.8, 4) is 0 Å². The number of amides is 1. The number of hydrogen-bond donors (Lipinski definition) is 1. The van der Waals surface area contributed by atoms with Crippen molar-refractivity contribution in [2.24, 2.45) is 0 Å². The Morgan fingerprint density at radius 1 is 1.50 bits per heavy atom. The van der Waals surface area contributed by atoms with E-state index in [4.69, 9.17) is 0 Å². The second kappa shape index (κ2) is 6.56. The second-order valence-corrected chi connectivity index (χ2v) is 6.98. The summed E-state index contributed by atoms with van der Waals surface area (Å²) in [6.45, 7) is 2.39. The highest BCUT2D eigenvalue weighted by molar-refractivity contribution is 7.09. The Morgan fingerprint density at radius 3 is 2.83 bits per heavy atom. The number of nitro groups is 1. The first kappa shape index (κ1) is 16.4. The molecular formula is C16H18N4O3S. The van der Waals surface area contributed by atoms with Crippen LogP contribution in [-0.2, 0) is 6.54 Å². The van der Waals surface area contributed by atoms with Crippen LogP contribution in [-0.4, -0.2) is 28.9 Å². The molecule has 1 saturated carbocycles. The van der Waals surface area contributed by atoms with Crippen molar-refractivity contribution in [3.05, 3.63) is 50.0 Å². The van der Waals surface area contributed by atoms with Gasteiger partial charge in [-0.15, -0.1) is 11.3 Å². The van der Waals surface area contributed by atoms with E-state index in [0.717, 1.165) is 23.5 Å². The average Bonchev–Trinajstić information content (AvgIpc) is 3.27. The molecule has 8 heteroatoms. The summed E-state index contributed by atoms with van der Waals surface area (Å²) in [5, 5.41) is 17.2. The lowest BCUT2D eigenvalue weighted by Crippen LogP contribution is -2.25. The smallest absolute Gasteiger partial charge is 0.293 e. The maximum absolute atomic E-state index is 12.1. The number of nitro benzene ring substituents is 1. The van der Waals surface area contributed by atoms with Gasteiger partial charge in [-0.3, -0.25) is 14.9 Å². The third-order valence-electron chi connectivity index (χ3n) is 3.82. The van der Waals surface area contributed by atoms with E-state index in [1.165, 1.54) is 6.07 Å². The number of carbonyl (C=O) groups excluding carboxylic acids is 1. The topological polar surface area (TPSA) is 88.4 Å². The van der Waals surface area contributed by atoms with Crippen molar-refractivity contribution in [2.75, 3.05) is 11.9 Å². The van der Waals surface area contributed by atoms with E-state index in [9.17, 15) is 14.9 Å². The monoisotopic (exact) mass is 346 g/mol. The maximum atomic E-state index is 12.1. The van der Waals surface area contributed by atoms with Crippen molar-refractivity contribution in [2.45, 2.75) is 32.4 Å². The number of hydrogen-bond acceptors (Lipinski definition) is 6. The summed E-state index contributed by atoms with van der Waals surface area (Å²) < 4.78 is 0. The maximum Gasteiger partial charge on any atom is 0.293 e. The predicted octanol–water partition coefficient (Wildman–Crippen LogP) is 2.89. The number of nitrogens with zero attached hydrogens (tertiary/aromatic N) is 3. The van der Waals surface area contributed by atoms with Gasteiger partial charge in [-0.1, -0.05) is 0 Å². The van der Waals surface area contributed by atoms with Crippen LogP contribution in [0.2, 0.25) is 0 Å². The van der Waals surface area contributed by atoms with Crippen molar-refractivity contribution < 1.29 is 9.72 Å². The van der Waals surface area contributed by atoms with Crippen molar-refractivity contribution >= 4 is 28.6 Å². The van der Waals surface area contributed by atoms with Crippen LogP contribution in [0.4, 0.5) is 11.4 Å². The normalized spacial score (nSPS) is 13.6. The Kier molecular flexibility index (Phi) is 4.48. The predicted molar refractivity (Wildman–Crippen MR) is 92.5 cm³/mol. The number of aromatic nitrogens is 1. The van der Waals surface area contributed by atoms with Gasteiger partial charge in [0.15, 0.2) is 0 Å². The standard InChI is InChI=1S/C16H18N4O3S/c1-10-17-13(9-24-10)8-19(2)14-6-3-11(7-15(14)20(22)23)16(21)18-12-4-5-12/h3,6-7,9,12H,4-5,8H2,1-2H3,(H,18,21). The van der Waals surface area contributed by atoms with Gasteiger partial charge in [0, 0.05) is 30.1 Å². The molecule has 0 spiro atoms. The van der Waals surface area contributed by atoms with Gasteiger partial charge in [-0.25, -0.2) is 4.98 Å². The highest BCUT2D eigenvalue weighted by Crippen LogP contribution is 2.30. The van der Waals surface area contributed by atoms with Gasteiger partial charge in [0.2, 0.25) is 0 Å². The number of benzene rings is 1. The first-order valence-corrected chi connectivity index (χ1v) is 8.53. The molecule has 1 aliphatic rings. The summed E-state index contributed by atoms with van der Waals surface area (Å²) in [6.07, 6.45) is 1.95. The number of nitrogens with one attached hydrogen (secondary N) is 1. The van der Waals surface area contributed by atoms with Crippen LogP contribution in [0.5, 0.6) is 0 Å². The molecule has 0 atom stereocenters. The molecular weight excluding hydrogens is 328 g/mol. The lowest BCUT2D eigenvalue weighted by Gasteiger charge is -2.18. The summed E-state index contributed by atoms with van der Waals surface area (Å²) in [7, 11) is 1.78. The van der Waals surface area contributed by atoms with Gasteiger partial charge < -0.3 is 10.2 Å². The molecule has 0 radical (unpaired) electrons. The van der Waals surface area contributed by atoms with E-state index in [0.29, 0.717) is 17.8 Å². The first-order valence-electron chi connectivity index (χ1n) is 7.65. The van der Waals surface area contributed by atoms with Crippen LogP contribution < -0.4 is 10.2 Å². The second-order valence-electron chi connectivity index (χ2n) is 5.92. The molecule has 1 heterocycles. The zero-order chi connectivity index (χ0) is 17.3. The minimum absolute atomic E-state index is 0.0760. The lowest BCUT2D eigenvalue weighted by molar-refractivity contribution is -0.384. The third kappa shape index (κ3) is 3.70. The van der Waals surface area contributed by atoms with Crippen molar-refractivity contribution in [1.82, 2.24) is 10.3 Å². The third-order valence-corrected chi connectivity index (χ3v) is 4.65. The molecule has 1 aromatic carbocycles. The van der Waals surface area contributed by atoms with E-state index in [1.807, 2.05) is 12.3 Å². The lowest BCUT2D eigenvalue weighted by atomic mass is 10.1. The van der Waals surface area contributed by atoms with Gasteiger partial charge in [0.05, 0.1) is 22.2 Å². The zero-order valence-corrected chi connectivity index (χ0v) is 14.3. The van der Waals surface area contributed by atoms with E-state index >= 15 is 0 Å². The Morgan fingerprint density at radius 2 is 2.25 bits per heavy atom. The molecule has 1 aromatic heterocycles. The summed E-state index contributed by atoms with van der Waals surface area (Å²) in [5.74, 6) is -0.259. The number of anilines is 1. The first-order chi connectivity index (χ1) is 11.4. The Labute approximate surface area is 143 Å². The minimum Gasteiger partial charge on any atom is -0.363 e. The van der Waals surface area contributed by atoms with Gasteiger partial charge in [0.1, 0.15) is 5.69 Å². The molecule has 1 N–H and O–H groups in total. The van der Waals surface area contributed by atoms with Crippen molar-refractivity contribution in [3.63, 3.8) is 0 Å².